The van der Waals surface area contributed by atoms with Crippen LogP contribution in [0.3, 0.4) is 0 Å². The van der Waals surface area contributed by atoms with Gasteiger partial charge in [-0.15, -0.1) is 0 Å². The van der Waals surface area contributed by atoms with Gasteiger partial charge < -0.3 is 5.11 Å². The third kappa shape index (κ3) is 3.14. The molecule has 0 spiro atoms. The Morgan fingerprint density at radius 3 is 2.36 bits per heavy atom. The number of halogens is 5. The number of hydrogen-bond acceptors (Lipinski definition) is 2. The Morgan fingerprint density at radius 1 is 1.04 bits per heavy atom. The zero-order valence-corrected chi connectivity index (χ0v) is 16.4. The van der Waals surface area contributed by atoms with Gasteiger partial charge in [-0.3, -0.25) is 4.99 Å². The van der Waals surface area contributed by atoms with E-state index in [1.54, 1.807) is 12.1 Å². The van der Waals surface area contributed by atoms with Crippen molar-refractivity contribution in [2.45, 2.75) is 43.9 Å². The smallest absolute Gasteiger partial charge is 0.392 e. The minimum atomic E-state index is -4.50. The van der Waals surface area contributed by atoms with Gasteiger partial charge in [-0.05, 0) is 65.3 Å². The van der Waals surface area contributed by atoms with Gasteiger partial charge in [-0.25, -0.2) is 0 Å². The molecule has 1 atom stereocenters. The molecule has 2 nitrogen and oxygen atoms in total. The molecule has 0 amide bonds. The highest BCUT2D eigenvalue weighted by atomic mass is 35.5. The third-order valence-electron chi connectivity index (χ3n) is 5.83. The lowest BCUT2D eigenvalue weighted by Gasteiger charge is -2.32. The van der Waals surface area contributed by atoms with Gasteiger partial charge in [0, 0.05) is 22.2 Å². The molecule has 0 saturated heterocycles. The van der Waals surface area contributed by atoms with Gasteiger partial charge in [0.25, 0.3) is 0 Å². The molecule has 7 heteroatoms. The van der Waals surface area contributed by atoms with Crippen molar-refractivity contribution in [1.29, 1.82) is 0 Å². The van der Waals surface area contributed by atoms with Crippen molar-refractivity contribution in [2.24, 2.45) is 4.99 Å². The summed E-state index contributed by atoms with van der Waals surface area (Å²) in [4.78, 5) is 4.34. The lowest BCUT2D eigenvalue weighted by molar-refractivity contribution is -0.183. The number of nitrogens with zero attached hydrogens (tertiary/aromatic N) is 1. The maximum absolute atomic E-state index is 14.3. The van der Waals surface area contributed by atoms with Crippen molar-refractivity contribution >= 4 is 28.9 Å². The highest BCUT2D eigenvalue weighted by Crippen LogP contribution is 2.49. The maximum Gasteiger partial charge on any atom is 0.400 e. The number of hydrogen-bond donors (Lipinski definition) is 1. The van der Waals surface area contributed by atoms with Crippen LogP contribution in [0.1, 0.15) is 40.7 Å². The third-order valence-corrected chi connectivity index (χ3v) is 6.27. The summed E-state index contributed by atoms with van der Waals surface area (Å²) < 4.78 is 42.8. The van der Waals surface area contributed by atoms with Gasteiger partial charge in [-0.1, -0.05) is 35.3 Å². The van der Waals surface area contributed by atoms with E-state index in [4.69, 9.17) is 23.2 Å². The topological polar surface area (TPSA) is 32.6 Å². The minimum Gasteiger partial charge on any atom is -0.392 e. The zero-order valence-electron chi connectivity index (χ0n) is 14.9. The lowest BCUT2D eigenvalue weighted by atomic mass is 9.76. The normalized spacial score (nSPS) is 21.7. The van der Waals surface area contributed by atoms with E-state index in [-0.39, 0.29) is 35.2 Å². The van der Waals surface area contributed by atoms with Gasteiger partial charge in [0.2, 0.25) is 0 Å². The fourth-order valence-corrected chi connectivity index (χ4v) is 4.91. The van der Waals surface area contributed by atoms with Gasteiger partial charge >= 0.3 is 6.18 Å². The summed E-state index contributed by atoms with van der Waals surface area (Å²) in [5, 5.41) is 9.89. The summed E-state index contributed by atoms with van der Waals surface area (Å²) in [6, 6.07) is 7.68. The molecular weight excluding hydrogens is 410 g/mol. The fourth-order valence-electron chi connectivity index (χ4n) is 4.38. The highest BCUT2D eigenvalue weighted by molar-refractivity contribution is 6.34. The van der Waals surface area contributed by atoms with E-state index in [2.05, 4.69) is 4.99 Å². The molecule has 0 bridgehead atoms. The second-order valence-electron chi connectivity index (χ2n) is 7.42. The summed E-state index contributed by atoms with van der Waals surface area (Å²) >= 11 is 12.0. The average molecular weight is 428 g/mol. The number of rotatable bonds is 3. The highest BCUT2D eigenvalue weighted by Gasteiger charge is 2.58. The van der Waals surface area contributed by atoms with Crippen molar-refractivity contribution < 1.29 is 18.3 Å². The minimum absolute atomic E-state index is 0.0415. The molecule has 148 valence electrons. The molecule has 2 aromatic carbocycles. The molecule has 0 radical (unpaired) electrons. The molecule has 1 unspecified atom stereocenters. The first-order chi connectivity index (χ1) is 13.2. The van der Waals surface area contributed by atoms with E-state index >= 15 is 0 Å². The lowest BCUT2D eigenvalue weighted by Crippen LogP contribution is -2.43. The first-order valence-electron chi connectivity index (χ1n) is 9.07. The predicted octanol–water partition coefficient (Wildman–Crippen LogP) is 5.67. The summed E-state index contributed by atoms with van der Waals surface area (Å²) in [6.07, 6.45) is -2.19. The van der Waals surface area contributed by atoms with E-state index in [1.807, 2.05) is 0 Å². The van der Waals surface area contributed by atoms with Crippen molar-refractivity contribution in [1.82, 2.24) is 0 Å². The summed E-state index contributed by atoms with van der Waals surface area (Å²) in [5.74, 6) is 0. The van der Waals surface area contributed by atoms with Crippen molar-refractivity contribution in [3.63, 3.8) is 0 Å². The van der Waals surface area contributed by atoms with Crippen LogP contribution in [0.25, 0.3) is 0 Å². The molecule has 0 aromatic heterocycles. The molecule has 28 heavy (non-hydrogen) atoms. The molecule has 1 aliphatic carbocycles. The Hall–Kier alpha value is -1.56. The van der Waals surface area contributed by atoms with Gasteiger partial charge in [0.1, 0.15) is 5.41 Å². The molecule has 1 N–H and O–H groups in total. The first-order valence-corrected chi connectivity index (χ1v) is 9.82. The van der Waals surface area contributed by atoms with Crippen LogP contribution in [-0.2, 0) is 24.9 Å². The van der Waals surface area contributed by atoms with Crippen molar-refractivity contribution in [3.8, 4) is 0 Å². The monoisotopic (exact) mass is 427 g/mol. The Kier molecular flexibility index (Phi) is 4.97. The predicted molar refractivity (Wildman–Crippen MR) is 105 cm³/mol. The van der Waals surface area contributed by atoms with Crippen LogP contribution in [0.2, 0.25) is 10.0 Å². The number of alkyl halides is 3. The van der Waals surface area contributed by atoms with Gasteiger partial charge in [0.15, 0.2) is 0 Å². The second-order valence-corrected chi connectivity index (χ2v) is 8.29. The van der Waals surface area contributed by atoms with E-state index < -0.39 is 11.6 Å². The van der Waals surface area contributed by atoms with Crippen molar-refractivity contribution in [3.05, 3.63) is 68.2 Å². The van der Waals surface area contributed by atoms with Crippen LogP contribution < -0.4 is 0 Å². The van der Waals surface area contributed by atoms with Crippen LogP contribution >= 0.6 is 23.2 Å². The number of fused-ring (bicyclic) bond motifs is 1. The maximum atomic E-state index is 14.3. The Morgan fingerprint density at radius 2 is 1.71 bits per heavy atom. The fraction of sp³-hybridized carbons (Fsp3) is 0.381. The number of aliphatic imine (C=N–C) groups is 1. The van der Waals surface area contributed by atoms with Crippen LogP contribution in [0.5, 0.6) is 0 Å². The first kappa shape index (κ1) is 19.7. The number of aliphatic hydroxyl groups is 1. The van der Waals surface area contributed by atoms with E-state index in [0.717, 1.165) is 41.5 Å². The van der Waals surface area contributed by atoms with Gasteiger partial charge in [-0.2, -0.15) is 13.2 Å². The Bertz CT molecular complexity index is 951. The number of aliphatic hydroxyl groups excluding tert-OH is 1. The standard InChI is InChI=1S/C21H18Cl2F3NO/c22-14-6-13(7-15(23)8-14)20(21(24,25)26)9-19(27-11-20)18-5-4-12(10-28)16-2-1-3-17(16)18/h4-8,28H,1-3,9-11H2. The summed E-state index contributed by atoms with van der Waals surface area (Å²) in [5.41, 5.74) is 2.04. The summed E-state index contributed by atoms with van der Waals surface area (Å²) in [6.45, 7) is -0.457. The molecule has 4 rings (SSSR count). The largest absolute Gasteiger partial charge is 0.400 e. The Balaban J connectivity index is 1.78. The van der Waals surface area contributed by atoms with Crippen LogP contribution in [0, 0.1) is 0 Å². The SMILES string of the molecule is OCc1ccc(C2=NCC(c3cc(Cl)cc(Cl)c3)(C(F)(F)F)C2)c2c1CCC2. The Labute approximate surface area is 171 Å². The van der Waals surface area contributed by atoms with E-state index in [1.165, 1.54) is 18.2 Å². The molecule has 1 heterocycles. The molecule has 2 aliphatic rings. The average Bonchev–Trinajstić information content (AvgIpc) is 3.27. The summed E-state index contributed by atoms with van der Waals surface area (Å²) in [7, 11) is 0. The van der Waals surface area contributed by atoms with E-state index in [0.29, 0.717) is 5.71 Å². The van der Waals surface area contributed by atoms with Crippen LogP contribution in [0.4, 0.5) is 13.2 Å². The molecular formula is C21H18Cl2F3NO. The van der Waals surface area contributed by atoms with Crippen LogP contribution in [0.15, 0.2) is 35.3 Å². The van der Waals surface area contributed by atoms with Gasteiger partial charge in [0.05, 0.1) is 13.2 Å². The molecule has 1 aliphatic heterocycles. The van der Waals surface area contributed by atoms with E-state index in [9.17, 15) is 18.3 Å². The zero-order chi connectivity index (χ0) is 20.1. The molecule has 2 aromatic rings. The molecule has 0 saturated carbocycles. The van der Waals surface area contributed by atoms with Crippen molar-refractivity contribution in [2.75, 3.05) is 6.54 Å². The molecule has 0 fully saturated rings. The quantitative estimate of drug-likeness (QED) is 0.672. The second kappa shape index (κ2) is 7.05. The number of benzene rings is 2. The van der Waals surface area contributed by atoms with Crippen LogP contribution in [-0.4, -0.2) is 23.5 Å².